The van der Waals surface area contributed by atoms with Crippen LogP contribution in [-0.4, -0.2) is 76.6 Å². The van der Waals surface area contributed by atoms with Crippen LogP contribution in [0.2, 0.25) is 25.7 Å². The summed E-state index contributed by atoms with van der Waals surface area (Å²) in [5.41, 5.74) is 2.48. The van der Waals surface area contributed by atoms with Gasteiger partial charge in [0.2, 0.25) is 0 Å². The molecule has 0 aliphatic heterocycles. The smallest absolute Gasteiger partial charge is 0.320 e. The lowest BCUT2D eigenvalue weighted by atomic mass is 10.0. The van der Waals surface area contributed by atoms with Gasteiger partial charge in [-0.1, -0.05) is 25.7 Å². The molecule has 0 bridgehead atoms. The van der Waals surface area contributed by atoms with Crippen molar-refractivity contribution in [3.8, 4) is 22.6 Å². The second-order valence-electron chi connectivity index (χ2n) is 10.5. The number of carbonyl (C=O) groups excluding carboxylic acids is 1. The summed E-state index contributed by atoms with van der Waals surface area (Å²) < 4.78 is 19.4. The van der Waals surface area contributed by atoms with Crippen molar-refractivity contribution < 1.29 is 19.0 Å². The monoisotopic (exact) mass is 527 g/mol. The fraction of sp³-hybridized carbons (Fsp3) is 0.481. The number of hydrogen-bond donors (Lipinski definition) is 2. The molecule has 0 aliphatic carbocycles. The van der Waals surface area contributed by atoms with Crippen molar-refractivity contribution in [2.45, 2.75) is 38.8 Å². The first kappa shape index (κ1) is 28.5. The molecule has 0 fully saturated rings. The summed E-state index contributed by atoms with van der Waals surface area (Å²) in [5, 5.41) is 6.66. The van der Waals surface area contributed by atoms with E-state index in [-0.39, 0.29) is 6.03 Å². The number of fused-ring (bicyclic) bond motifs is 1. The van der Waals surface area contributed by atoms with E-state index in [4.69, 9.17) is 19.2 Å². The number of nitrogens with one attached hydrogen (secondary N) is 2. The molecule has 0 aliphatic rings. The number of amides is 2. The van der Waals surface area contributed by atoms with Crippen LogP contribution >= 0.6 is 0 Å². The topological polar surface area (TPSA) is 89.9 Å². The van der Waals surface area contributed by atoms with Crippen LogP contribution in [0.4, 0.5) is 10.6 Å². The van der Waals surface area contributed by atoms with E-state index in [2.05, 4.69) is 35.2 Å². The van der Waals surface area contributed by atoms with Gasteiger partial charge in [0, 0.05) is 38.4 Å². The minimum Gasteiger partial charge on any atom is -0.496 e. The lowest BCUT2D eigenvalue weighted by Gasteiger charge is -2.15. The van der Waals surface area contributed by atoms with Crippen LogP contribution in [0.5, 0.6) is 11.5 Å². The Balaban J connectivity index is 1.92. The highest BCUT2D eigenvalue weighted by molar-refractivity contribution is 6.76. The Morgan fingerprint density at radius 1 is 1.08 bits per heavy atom. The molecule has 0 radical (unpaired) electrons. The Morgan fingerprint density at radius 3 is 2.41 bits per heavy atom. The van der Waals surface area contributed by atoms with Gasteiger partial charge in [0.15, 0.2) is 0 Å². The van der Waals surface area contributed by atoms with Crippen molar-refractivity contribution in [1.82, 2.24) is 19.8 Å². The number of ether oxygens (including phenoxy) is 3. The lowest BCUT2D eigenvalue weighted by molar-refractivity contribution is 0.0899. The van der Waals surface area contributed by atoms with Crippen molar-refractivity contribution in [2.24, 2.45) is 0 Å². The molecule has 2 amide bonds. The number of pyridine rings is 1. The molecule has 0 atom stereocenters. The maximum atomic E-state index is 12.4. The summed E-state index contributed by atoms with van der Waals surface area (Å²) in [6.45, 7) is 9.54. The molecule has 0 saturated heterocycles. The average molecular weight is 528 g/mol. The summed E-state index contributed by atoms with van der Waals surface area (Å²) in [5.74, 6) is 1.88. The third-order valence-corrected chi connectivity index (χ3v) is 7.66. The zero-order valence-electron chi connectivity index (χ0n) is 23.2. The highest BCUT2D eigenvalue weighted by Crippen LogP contribution is 2.42. The molecule has 1 aromatic carbocycles. The van der Waals surface area contributed by atoms with E-state index in [9.17, 15) is 4.79 Å². The third kappa shape index (κ3) is 7.95. The molecule has 2 aromatic heterocycles. The molecular weight excluding hydrogens is 486 g/mol. The molecule has 10 heteroatoms. The summed E-state index contributed by atoms with van der Waals surface area (Å²) in [4.78, 5) is 19.3. The van der Waals surface area contributed by atoms with Crippen LogP contribution in [0.25, 0.3) is 22.2 Å². The molecule has 37 heavy (non-hydrogen) atoms. The first-order valence-corrected chi connectivity index (χ1v) is 16.3. The van der Waals surface area contributed by atoms with Gasteiger partial charge in [0.25, 0.3) is 0 Å². The van der Waals surface area contributed by atoms with Crippen LogP contribution in [-0.2, 0) is 11.5 Å². The average Bonchev–Trinajstić information content (AvgIpc) is 3.20. The molecule has 0 saturated carbocycles. The molecular formula is C27H41N5O4Si. The summed E-state index contributed by atoms with van der Waals surface area (Å²) in [6.07, 6.45) is 2.88. The summed E-state index contributed by atoms with van der Waals surface area (Å²) in [6, 6.07) is 10.3. The standard InChI is InChI=1S/C27H41N5O4Si/c1-31(2)15-9-14-28-27(33)30-24-13-12-20-21(25-22(34-3)10-8-11-23(25)35-4)18-32(26(20)29-24)19-36-16-17-37(5,6)7/h8,10-13,18H,9,14-17,19H2,1-7H3,(H2,28,29,30,33). The summed E-state index contributed by atoms with van der Waals surface area (Å²) in [7, 11) is 6.11. The Bertz CT molecular complexity index is 1170. The fourth-order valence-corrected chi connectivity index (χ4v) is 4.70. The van der Waals surface area contributed by atoms with E-state index in [0.29, 0.717) is 42.8 Å². The molecule has 0 spiro atoms. The number of nitrogens with zero attached hydrogens (tertiary/aromatic N) is 3. The van der Waals surface area contributed by atoms with Crippen LogP contribution in [0.3, 0.4) is 0 Å². The van der Waals surface area contributed by atoms with E-state index >= 15 is 0 Å². The second kappa shape index (κ2) is 12.9. The Labute approximate surface area is 221 Å². The Morgan fingerprint density at radius 2 is 1.78 bits per heavy atom. The number of carbonyl (C=O) groups is 1. The van der Waals surface area contributed by atoms with E-state index in [1.165, 1.54) is 0 Å². The van der Waals surface area contributed by atoms with Crippen molar-refractivity contribution >= 4 is 31.0 Å². The zero-order valence-corrected chi connectivity index (χ0v) is 24.2. The molecule has 3 rings (SSSR count). The van der Waals surface area contributed by atoms with E-state index in [0.717, 1.165) is 35.5 Å². The van der Waals surface area contributed by atoms with Gasteiger partial charge >= 0.3 is 6.03 Å². The highest BCUT2D eigenvalue weighted by atomic mass is 28.3. The minimum atomic E-state index is -1.21. The summed E-state index contributed by atoms with van der Waals surface area (Å²) >= 11 is 0. The number of benzene rings is 1. The fourth-order valence-electron chi connectivity index (χ4n) is 3.95. The largest absolute Gasteiger partial charge is 0.496 e. The van der Waals surface area contributed by atoms with Gasteiger partial charge in [-0.3, -0.25) is 5.32 Å². The highest BCUT2D eigenvalue weighted by Gasteiger charge is 2.20. The maximum Gasteiger partial charge on any atom is 0.320 e. The number of urea groups is 1. The molecule has 0 unspecified atom stereocenters. The maximum absolute atomic E-state index is 12.4. The van der Waals surface area contributed by atoms with Crippen LogP contribution < -0.4 is 20.1 Å². The van der Waals surface area contributed by atoms with Gasteiger partial charge in [-0.25, -0.2) is 9.78 Å². The van der Waals surface area contributed by atoms with Crippen molar-refractivity contribution in [2.75, 3.05) is 53.3 Å². The number of aromatic nitrogens is 2. The molecule has 2 N–H and O–H groups in total. The van der Waals surface area contributed by atoms with Gasteiger partial charge in [0.1, 0.15) is 29.7 Å². The van der Waals surface area contributed by atoms with Crippen molar-refractivity contribution in [3.05, 3.63) is 36.5 Å². The second-order valence-corrected chi connectivity index (χ2v) is 16.1. The molecule has 2 heterocycles. The van der Waals surface area contributed by atoms with E-state index in [1.807, 2.05) is 55.2 Å². The van der Waals surface area contributed by atoms with Gasteiger partial charge < -0.3 is 29.0 Å². The Kier molecular flexibility index (Phi) is 9.96. The van der Waals surface area contributed by atoms with E-state index in [1.54, 1.807) is 14.2 Å². The van der Waals surface area contributed by atoms with Crippen LogP contribution in [0, 0.1) is 0 Å². The third-order valence-electron chi connectivity index (χ3n) is 5.96. The number of methoxy groups -OCH3 is 2. The number of anilines is 1. The van der Waals surface area contributed by atoms with Crippen molar-refractivity contribution in [1.29, 1.82) is 0 Å². The SMILES string of the molecule is COc1cccc(OC)c1-c1cn(COCC[Si](C)(C)C)c2nc(NC(=O)NCCCN(C)C)ccc12. The van der Waals surface area contributed by atoms with Gasteiger partial charge in [-0.2, -0.15) is 0 Å². The predicted molar refractivity (Wildman–Crippen MR) is 153 cm³/mol. The zero-order chi connectivity index (χ0) is 27.0. The van der Waals surface area contributed by atoms with E-state index < -0.39 is 8.07 Å². The number of hydrogen-bond acceptors (Lipinski definition) is 6. The Hall–Kier alpha value is -3.08. The molecule has 202 valence electrons. The predicted octanol–water partition coefficient (Wildman–Crippen LogP) is 5.11. The van der Waals surface area contributed by atoms with Crippen LogP contribution in [0.1, 0.15) is 6.42 Å². The van der Waals surface area contributed by atoms with Gasteiger partial charge in [0.05, 0.1) is 19.8 Å². The lowest BCUT2D eigenvalue weighted by Crippen LogP contribution is -2.31. The number of rotatable bonds is 13. The first-order valence-electron chi connectivity index (χ1n) is 12.6. The quantitative estimate of drug-likeness (QED) is 0.237. The first-order chi connectivity index (χ1) is 17.6. The molecule has 3 aromatic rings. The van der Waals surface area contributed by atoms with Crippen LogP contribution in [0.15, 0.2) is 36.5 Å². The minimum absolute atomic E-state index is 0.276. The molecule has 9 nitrogen and oxygen atoms in total. The van der Waals surface area contributed by atoms with Crippen molar-refractivity contribution in [3.63, 3.8) is 0 Å². The van der Waals surface area contributed by atoms with Gasteiger partial charge in [-0.05, 0) is 57.4 Å². The van der Waals surface area contributed by atoms with Gasteiger partial charge in [-0.15, -0.1) is 0 Å². The normalized spacial score (nSPS) is 11.7.